The van der Waals surface area contributed by atoms with E-state index in [1.54, 1.807) is 60.7 Å². The highest BCUT2D eigenvalue weighted by Crippen LogP contribution is 2.25. The van der Waals surface area contributed by atoms with Crippen LogP contribution in [0.3, 0.4) is 0 Å². The van der Waals surface area contributed by atoms with E-state index in [9.17, 15) is 9.59 Å². The molecule has 0 bridgehead atoms. The summed E-state index contributed by atoms with van der Waals surface area (Å²) < 4.78 is 10.7. The predicted octanol–water partition coefficient (Wildman–Crippen LogP) is 6.06. The Hall–Kier alpha value is -4.32. The highest BCUT2D eigenvalue weighted by atomic mass is 16.6. The predicted molar refractivity (Wildman–Crippen MR) is 116 cm³/mol. The molecular formula is C24H18N2O4. The molecule has 0 aromatic heterocycles. The van der Waals surface area contributed by atoms with E-state index in [2.05, 4.69) is 10.6 Å². The summed E-state index contributed by atoms with van der Waals surface area (Å²) in [6.45, 7) is 0. The minimum absolute atomic E-state index is 0.409. The van der Waals surface area contributed by atoms with Gasteiger partial charge in [0.1, 0.15) is 11.5 Å². The second-order valence-electron chi connectivity index (χ2n) is 6.43. The summed E-state index contributed by atoms with van der Waals surface area (Å²) in [5.74, 6) is 0.817. The minimum atomic E-state index is -0.571. The normalized spacial score (nSPS) is 10.3. The molecule has 4 rings (SSSR count). The zero-order valence-corrected chi connectivity index (χ0v) is 15.9. The lowest BCUT2D eigenvalue weighted by molar-refractivity contribution is 0.214. The number of nitrogens with one attached hydrogen (secondary N) is 2. The van der Waals surface area contributed by atoms with Crippen LogP contribution in [0.4, 0.5) is 21.0 Å². The summed E-state index contributed by atoms with van der Waals surface area (Å²) in [5, 5.41) is 7.01. The maximum Gasteiger partial charge on any atom is 0.417 e. The van der Waals surface area contributed by atoms with Gasteiger partial charge in [-0.25, -0.2) is 9.59 Å². The number of amides is 2. The van der Waals surface area contributed by atoms with Crippen molar-refractivity contribution < 1.29 is 19.1 Å². The zero-order chi connectivity index (χ0) is 20.8. The standard InChI is InChI=1S/C24H18N2O4/c27-23(25-19-7-3-1-4-8-19)29-21-13-11-18-16-22(14-12-17(18)15-21)30-24(28)26-20-9-5-2-6-10-20/h1-16H,(H,25,27)(H,26,28). The molecule has 0 spiro atoms. The molecule has 0 saturated heterocycles. The molecule has 0 saturated carbocycles. The van der Waals surface area contributed by atoms with Gasteiger partial charge in [0, 0.05) is 11.4 Å². The first-order valence-corrected chi connectivity index (χ1v) is 9.27. The Balaban J connectivity index is 1.40. The van der Waals surface area contributed by atoms with Crippen molar-refractivity contribution in [2.24, 2.45) is 0 Å². The highest BCUT2D eigenvalue weighted by Gasteiger charge is 2.08. The van der Waals surface area contributed by atoms with Crippen LogP contribution in [-0.4, -0.2) is 12.2 Å². The van der Waals surface area contributed by atoms with Gasteiger partial charge in [0.05, 0.1) is 0 Å². The Labute approximate surface area is 173 Å². The molecule has 2 N–H and O–H groups in total. The van der Waals surface area contributed by atoms with E-state index < -0.39 is 12.2 Å². The zero-order valence-electron chi connectivity index (χ0n) is 15.9. The van der Waals surface area contributed by atoms with Crippen LogP contribution in [0.5, 0.6) is 11.5 Å². The molecule has 0 aliphatic heterocycles. The minimum Gasteiger partial charge on any atom is -0.410 e. The number of carbonyl (C=O) groups excluding carboxylic acids is 2. The third-order valence-electron chi connectivity index (χ3n) is 4.24. The number of benzene rings is 4. The summed E-state index contributed by atoms with van der Waals surface area (Å²) in [7, 11) is 0. The molecule has 4 aromatic carbocycles. The van der Waals surface area contributed by atoms with Gasteiger partial charge in [-0.15, -0.1) is 0 Å². The van der Waals surface area contributed by atoms with Crippen molar-refractivity contribution in [1.82, 2.24) is 0 Å². The fraction of sp³-hybridized carbons (Fsp3) is 0. The van der Waals surface area contributed by atoms with Gasteiger partial charge in [-0.2, -0.15) is 0 Å². The van der Waals surface area contributed by atoms with E-state index in [4.69, 9.17) is 9.47 Å². The van der Waals surface area contributed by atoms with E-state index in [1.807, 2.05) is 36.4 Å². The average Bonchev–Trinajstić information content (AvgIpc) is 2.75. The fourth-order valence-corrected chi connectivity index (χ4v) is 2.87. The van der Waals surface area contributed by atoms with E-state index >= 15 is 0 Å². The van der Waals surface area contributed by atoms with Crippen molar-refractivity contribution in [2.75, 3.05) is 10.6 Å². The average molecular weight is 398 g/mol. The monoisotopic (exact) mass is 398 g/mol. The Kier molecular flexibility index (Phi) is 5.57. The van der Waals surface area contributed by atoms with Gasteiger partial charge in [0.15, 0.2) is 0 Å². The molecule has 0 aliphatic rings. The van der Waals surface area contributed by atoms with Crippen molar-refractivity contribution in [1.29, 1.82) is 0 Å². The molecule has 0 atom stereocenters. The molecule has 0 radical (unpaired) electrons. The first-order valence-electron chi connectivity index (χ1n) is 9.27. The molecule has 0 heterocycles. The molecule has 6 nitrogen and oxygen atoms in total. The maximum absolute atomic E-state index is 12.0. The lowest BCUT2D eigenvalue weighted by Crippen LogP contribution is -2.16. The number of carbonyl (C=O) groups is 2. The Morgan fingerprint density at radius 1 is 0.533 bits per heavy atom. The van der Waals surface area contributed by atoms with Crippen LogP contribution in [0.15, 0.2) is 97.1 Å². The topological polar surface area (TPSA) is 76.7 Å². The number of rotatable bonds is 4. The van der Waals surface area contributed by atoms with Crippen molar-refractivity contribution >= 4 is 34.3 Å². The Bertz CT molecular complexity index is 1080. The molecule has 0 fully saturated rings. The van der Waals surface area contributed by atoms with Crippen LogP contribution in [-0.2, 0) is 0 Å². The van der Waals surface area contributed by atoms with Gasteiger partial charge in [0.2, 0.25) is 0 Å². The van der Waals surface area contributed by atoms with Crippen LogP contribution >= 0.6 is 0 Å². The van der Waals surface area contributed by atoms with Crippen LogP contribution in [0.1, 0.15) is 0 Å². The Morgan fingerprint density at radius 2 is 0.933 bits per heavy atom. The van der Waals surface area contributed by atoms with Crippen LogP contribution in [0, 0.1) is 0 Å². The van der Waals surface area contributed by atoms with Crippen LogP contribution in [0.25, 0.3) is 10.8 Å². The highest BCUT2D eigenvalue weighted by molar-refractivity contribution is 5.90. The summed E-state index contributed by atoms with van der Waals surface area (Å²) >= 11 is 0. The number of anilines is 2. The van der Waals surface area contributed by atoms with Crippen LogP contribution in [0.2, 0.25) is 0 Å². The van der Waals surface area contributed by atoms with Gasteiger partial charge < -0.3 is 9.47 Å². The van der Waals surface area contributed by atoms with E-state index in [-0.39, 0.29) is 0 Å². The number of hydrogen-bond donors (Lipinski definition) is 2. The van der Waals surface area contributed by atoms with Gasteiger partial charge in [-0.1, -0.05) is 48.5 Å². The van der Waals surface area contributed by atoms with Gasteiger partial charge in [-0.3, -0.25) is 10.6 Å². The molecule has 0 unspecified atom stereocenters. The summed E-state index contributed by atoms with van der Waals surface area (Å²) in [4.78, 5) is 24.1. The SMILES string of the molecule is O=C(Nc1ccccc1)Oc1ccc2cc(OC(=O)Nc3ccccc3)ccc2c1. The molecule has 30 heavy (non-hydrogen) atoms. The first-order chi connectivity index (χ1) is 14.7. The quantitative estimate of drug-likeness (QED) is 0.438. The lowest BCUT2D eigenvalue weighted by Gasteiger charge is -2.09. The molecule has 148 valence electrons. The fourth-order valence-electron chi connectivity index (χ4n) is 2.87. The Morgan fingerprint density at radius 3 is 1.33 bits per heavy atom. The summed E-state index contributed by atoms with van der Waals surface area (Å²) in [6.07, 6.45) is -1.14. The molecule has 2 amide bonds. The number of ether oxygens (including phenoxy) is 2. The van der Waals surface area contributed by atoms with Crippen molar-refractivity contribution in [3.8, 4) is 11.5 Å². The third kappa shape index (κ3) is 4.94. The number of para-hydroxylation sites is 2. The smallest absolute Gasteiger partial charge is 0.410 e. The maximum atomic E-state index is 12.0. The third-order valence-corrected chi connectivity index (χ3v) is 4.24. The van der Waals surface area contributed by atoms with E-state index in [0.29, 0.717) is 22.9 Å². The van der Waals surface area contributed by atoms with Crippen molar-refractivity contribution in [2.45, 2.75) is 0 Å². The number of fused-ring (bicyclic) bond motifs is 1. The van der Waals surface area contributed by atoms with Crippen molar-refractivity contribution in [3.63, 3.8) is 0 Å². The molecule has 6 heteroatoms. The largest absolute Gasteiger partial charge is 0.417 e. The molecular weight excluding hydrogens is 380 g/mol. The van der Waals surface area contributed by atoms with Gasteiger partial charge in [-0.05, 0) is 59.3 Å². The molecule has 0 aliphatic carbocycles. The lowest BCUT2D eigenvalue weighted by atomic mass is 10.1. The second-order valence-corrected chi connectivity index (χ2v) is 6.43. The van der Waals surface area contributed by atoms with E-state index in [0.717, 1.165) is 10.8 Å². The second kappa shape index (κ2) is 8.79. The number of hydrogen-bond acceptors (Lipinski definition) is 4. The summed E-state index contributed by atoms with van der Waals surface area (Å²) in [5.41, 5.74) is 1.30. The summed E-state index contributed by atoms with van der Waals surface area (Å²) in [6, 6.07) is 28.6. The first kappa shape index (κ1) is 19.0. The van der Waals surface area contributed by atoms with Crippen molar-refractivity contribution in [3.05, 3.63) is 97.1 Å². The molecule has 4 aromatic rings. The van der Waals surface area contributed by atoms with Gasteiger partial charge in [0.25, 0.3) is 0 Å². The van der Waals surface area contributed by atoms with Gasteiger partial charge >= 0.3 is 12.2 Å². The van der Waals surface area contributed by atoms with E-state index in [1.165, 1.54) is 0 Å². The van der Waals surface area contributed by atoms with Crippen LogP contribution < -0.4 is 20.1 Å².